The molecule has 1 aromatic carbocycles. The van der Waals surface area contributed by atoms with E-state index < -0.39 is 11.7 Å². The zero-order chi connectivity index (χ0) is 17.2. The van der Waals surface area contributed by atoms with Crippen LogP contribution >= 0.6 is 11.3 Å². The standard InChI is InChI=1S/C16H12F3N3OS/c17-16(18,19)11-5-3-10(4-6-11)8-12-9-21-15(24-12)22-14(23)13-2-1-7-20-13/h1-7,9,20H,8H2,(H,21,22,23). The molecule has 2 aromatic heterocycles. The third-order valence-electron chi connectivity index (χ3n) is 3.28. The number of thiazole rings is 1. The Morgan fingerprint density at radius 1 is 1.21 bits per heavy atom. The van der Waals surface area contributed by atoms with Gasteiger partial charge < -0.3 is 4.98 Å². The van der Waals surface area contributed by atoms with Crippen molar-refractivity contribution in [1.29, 1.82) is 0 Å². The minimum atomic E-state index is -4.34. The van der Waals surface area contributed by atoms with Crippen molar-refractivity contribution in [3.05, 3.63) is 70.5 Å². The van der Waals surface area contributed by atoms with Gasteiger partial charge in [-0.2, -0.15) is 13.2 Å². The monoisotopic (exact) mass is 351 g/mol. The highest BCUT2D eigenvalue weighted by atomic mass is 32.1. The Morgan fingerprint density at radius 3 is 2.58 bits per heavy atom. The van der Waals surface area contributed by atoms with Crippen LogP contribution in [0.2, 0.25) is 0 Å². The van der Waals surface area contributed by atoms with Crippen molar-refractivity contribution < 1.29 is 18.0 Å². The summed E-state index contributed by atoms with van der Waals surface area (Å²) in [5.74, 6) is -0.296. The van der Waals surface area contributed by atoms with Gasteiger partial charge in [-0.05, 0) is 29.8 Å². The Labute approximate surface area is 139 Å². The first-order valence-electron chi connectivity index (χ1n) is 6.97. The number of benzene rings is 1. The molecule has 3 aromatic rings. The molecule has 0 spiro atoms. The number of amides is 1. The zero-order valence-corrected chi connectivity index (χ0v) is 13.0. The number of carbonyl (C=O) groups excluding carboxylic acids is 1. The summed E-state index contributed by atoms with van der Waals surface area (Å²) >= 11 is 1.28. The van der Waals surface area contributed by atoms with Crippen LogP contribution in [0.15, 0.2) is 48.8 Å². The van der Waals surface area contributed by atoms with Crippen LogP contribution < -0.4 is 5.32 Å². The highest BCUT2D eigenvalue weighted by Gasteiger charge is 2.29. The van der Waals surface area contributed by atoms with E-state index in [1.165, 1.54) is 23.5 Å². The molecule has 0 radical (unpaired) electrons. The van der Waals surface area contributed by atoms with E-state index in [9.17, 15) is 18.0 Å². The second-order valence-corrected chi connectivity index (χ2v) is 6.16. The van der Waals surface area contributed by atoms with Crippen molar-refractivity contribution in [2.24, 2.45) is 0 Å². The first kappa shape index (κ1) is 16.3. The van der Waals surface area contributed by atoms with Gasteiger partial charge in [-0.1, -0.05) is 12.1 Å². The fourth-order valence-corrected chi connectivity index (χ4v) is 2.94. The summed E-state index contributed by atoms with van der Waals surface area (Å²) in [6.07, 6.45) is -0.633. The number of carbonyl (C=O) groups is 1. The van der Waals surface area contributed by atoms with Crippen LogP contribution in [0.4, 0.5) is 18.3 Å². The summed E-state index contributed by atoms with van der Waals surface area (Å²) in [6, 6.07) is 8.37. The highest BCUT2D eigenvalue weighted by Crippen LogP contribution is 2.30. The molecule has 0 bridgehead atoms. The minimum Gasteiger partial charge on any atom is -0.357 e. The van der Waals surface area contributed by atoms with Gasteiger partial charge in [0, 0.05) is 23.7 Å². The molecule has 0 aliphatic carbocycles. The molecule has 0 aliphatic rings. The highest BCUT2D eigenvalue weighted by molar-refractivity contribution is 7.15. The number of nitrogens with one attached hydrogen (secondary N) is 2. The van der Waals surface area contributed by atoms with E-state index in [1.54, 1.807) is 24.5 Å². The normalized spacial score (nSPS) is 11.5. The lowest BCUT2D eigenvalue weighted by atomic mass is 10.1. The van der Waals surface area contributed by atoms with Crippen molar-refractivity contribution in [2.75, 3.05) is 5.32 Å². The van der Waals surface area contributed by atoms with E-state index in [0.29, 0.717) is 17.2 Å². The molecule has 4 nitrogen and oxygen atoms in total. The summed E-state index contributed by atoms with van der Waals surface area (Å²) < 4.78 is 37.6. The fraction of sp³-hybridized carbons (Fsp3) is 0.125. The summed E-state index contributed by atoms with van der Waals surface area (Å²) in [6.45, 7) is 0. The van der Waals surface area contributed by atoms with Gasteiger partial charge in [0.2, 0.25) is 0 Å². The molecule has 0 atom stereocenters. The molecular formula is C16H12F3N3OS. The predicted molar refractivity (Wildman–Crippen MR) is 85.1 cm³/mol. The smallest absolute Gasteiger partial charge is 0.357 e. The molecule has 1 amide bonds. The number of hydrogen-bond donors (Lipinski definition) is 2. The summed E-state index contributed by atoms with van der Waals surface area (Å²) in [5, 5.41) is 3.11. The van der Waals surface area contributed by atoms with Gasteiger partial charge in [-0.15, -0.1) is 11.3 Å². The Hall–Kier alpha value is -2.61. The molecule has 0 saturated heterocycles. The van der Waals surface area contributed by atoms with Crippen molar-refractivity contribution in [1.82, 2.24) is 9.97 Å². The van der Waals surface area contributed by atoms with Crippen LogP contribution in [0.1, 0.15) is 26.5 Å². The Kier molecular flexibility index (Phi) is 4.39. The van der Waals surface area contributed by atoms with Crippen LogP contribution in [0, 0.1) is 0 Å². The van der Waals surface area contributed by atoms with E-state index in [1.807, 2.05) is 0 Å². The van der Waals surface area contributed by atoms with Crippen LogP contribution in [0.25, 0.3) is 0 Å². The predicted octanol–water partition coefficient (Wildman–Crippen LogP) is 4.33. The van der Waals surface area contributed by atoms with Crippen LogP contribution in [-0.4, -0.2) is 15.9 Å². The van der Waals surface area contributed by atoms with Crippen molar-refractivity contribution in [3.8, 4) is 0 Å². The van der Waals surface area contributed by atoms with Crippen molar-refractivity contribution >= 4 is 22.4 Å². The first-order valence-corrected chi connectivity index (χ1v) is 7.79. The number of aromatic amines is 1. The third-order valence-corrected chi connectivity index (χ3v) is 4.19. The number of halogens is 3. The summed E-state index contributed by atoms with van der Waals surface area (Å²) in [4.78, 5) is 19.6. The van der Waals surface area contributed by atoms with E-state index in [2.05, 4.69) is 15.3 Å². The molecule has 2 N–H and O–H groups in total. The molecule has 8 heteroatoms. The Morgan fingerprint density at radius 2 is 1.96 bits per heavy atom. The van der Waals surface area contributed by atoms with Crippen LogP contribution in [-0.2, 0) is 12.6 Å². The Bertz CT molecular complexity index is 823. The lowest BCUT2D eigenvalue weighted by molar-refractivity contribution is -0.137. The lowest BCUT2D eigenvalue weighted by Gasteiger charge is -2.06. The topological polar surface area (TPSA) is 57.8 Å². The number of nitrogens with zero attached hydrogens (tertiary/aromatic N) is 1. The average Bonchev–Trinajstić information content (AvgIpc) is 3.19. The van der Waals surface area contributed by atoms with Gasteiger partial charge >= 0.3 is 6.18 Å². The largest absolute Gasteiger partial charge is 0.416 e. The molecule has 0 saturated carbocycles. The Balaban J connectivity index is 1.65. The quantitative estimate of drug-likeness (QED) is 0.735. The van der Waals surface area contributed by atoms with E-state index >= 15 is 0 Å². The summed E-state index contributed by atoms with van der Waals surface area (Å²) in [5.41, 5.74) is 0.498. The van der Waals surface area contributed by atoms with E-state index in [-0.39, 0.29) is 5.91 Å². The second kappa shape index (κ2) is 6.48. The van der Waals surface area contributed by atoms with Crippen LogP contribution in [0.3, 0.4) is 0 Å². The van der Waals surface area contributed by atoms with Gasteiger partial charge in [0.1, 0.15) is 5.69 Å². The van der Waals surface area contributed by atoms with Gasteiger partial charge in [-0.3, -0.25) is 10.1 Å². The van der Waals surface area contributed by atoms with Gasteiger partial charge in [0.15, 0.2) is 5.13 Å². The number of rotatable bonds is 4. The molecule has 24 heavy (non-hydrogen) atoms. The first-order chi connectivity index (χ1) is 11.4. The molecule has 3 rings (SSSR count). The van der Waals surface area contributed by atoms with Gasteiger partial charge in [0.05, 0.1) is 5.56 Å². The average molecular weight is 351 g/mol. The maximum absolute atomic E-state index is 12.5. The molecule has 124 valence electrons. The van der Waals surface area contributed by atoms with E-state index in [0.717, 1.165) is 22.6 Å². The molecule has 0 aliphatic heterocycles. The van der Waals surface area contributed by atoms with Crippen LogP contribution in [0.5, 0.6) is 0 Å². The molecular weight excluding hydrogens is 339 g/mol. The lowest BCUT2D eigenvalue weighted by Crippen LogP contribution is -2.11. The zero-order valence-electron chi connectivity index (χ0n) is 12.2. The SMILES string of the molecule is O=C(Nc1ncc(Cc2ccc(C(F)(F)F)cc2)s1)c1ccc[nH]1. The minimum absolute atomic E-state index is 0.296. The third kappa shape index (κ3) is 3.83. The number of H-pyrrole nitrogens is 1. The molecule has 0 unspecified atom stereocenters. The molecule has 2 heterocycles. The van der Waals surface area contributed by atoms with E-state index in [4.69, 9.17) is 0 Å². The molecule has 0 fully saturated rings. The summed E-state index contributed by atoms with van der Waals surface area (Å²) in [7, 11) is 0. The van der Waals surface area contributed by atoms with Gasteiger partial charge in [-0.25, -0.2) is 4.98 Å². The maximum atomic E-state index is 12.5. The number of alkyl halides is 3. The van der Waals surface area contributed by atoms with Gasteiger partial charge in [0.25, 0.3) is 5.91 Å². The number of hydrogen-bond acceptors (Lipinski definition) is 3. The van der Waals surface area contributed by atoms with Crippen molar-refractivity contribution in [2.45, 2.75) is 12.6 Å². The second-order valence-electron chi connectivity index (χ2n) is 5.04. The number of anilines is 1. The fourth-order valence-electron chi connectivity index (χ4n) is 2.10. The number of aromatic nitrogens is 2. The van der Waals surface area contributed by atoms with Crippen molar-refractivity contribution in [3.63, 3.8) is 0 Å². The maximum Gasteiger partial charge on any atom is 0.416 e.